The fraction of sp³-hybridized carbons (Fsp3) is 0.895. The molecule has 4 bridgehead atoms. The van der Waals surface area contributed by atoms with Gasteiger partial charge in [0.15, 0.2) is 15.9 Å². The van der Waals surface area contributed by atoms with Crippen LogP contribution in [0.1, 0.15) is 51.9 Å². The lowest BCUT2D eigenvalue weighted by Crippen LogP contribution is -2.61. The van der Waals surface area contributed by atoms with Crippen molar-refractivity contribution in [3.8, 4) is 0 Å². The smallest absolute Gasteiger partial charge is 0.316 e. The third-order valence-corrected chi connectivity index (χ3v) is 9.99. The number of ether oxygens (including phenoxy) is 1. The number of sulfone groups is 1. The van der Waals surface area contributed by atoms with E-state index in [0.29, 0.717) is 6.42 Å². The largest absolute Gasteiger partial charge is 0.452 e. The highest BCUT2D eigenvalue weighted by Gasteiger charge is 2.51. The summed E-state index contributed by atoms with van der Waals surface area (Å²) in [6.07, 6.45) is 6.92. The summed E-state index contributed by atoms with van der Waals surface area (Å²) in [4.78, 5) is 24.7. The molecule has 4 aliphatic carbocycles. The fourth-order valence-electron chi connectivity index (χ4n) is 5.99. The molecule has 0 spiro atoms. The van der Waals surface area contributed by atoms with Crippen LogP contribution in [-0.4, -0.2) is 54.4 Å². The topological polar surface area (TPSA) is 89.5 Å². The molecule has 0 unspecified atom stereocenters. The quantitative estimate of drug-likeness (QED) is 0.667. The SMILES string of the molecule is C[C@H](OC(=O)CS[C@H]1CCS(=O)(=O)C1)C(=O)NC12CC3CC(CC(C3)C1)C2. The Labute approximate surface area is 165 Å². The van der Waals surface area contributed by atoms with Gasteiger partial charge in [-0.3, -0.25) is 9.59 Å². The van der Waals surface area contributed by atoms with Crippen molar-refractivity contribution in [1.29, 1.82) is 0 Å². The first-order chi connectivity index (χ1) is 12.7. The fourth-order valence-corrected chi connectivity index (χ4v) is 9.41. The van der Waals surface area contributed by atoms with Gasteiger partial charge in [-0.25, -0.2) is 8.42 Å². The summed E-state index contributed by atoms with van der Waals surface area (Å²) in [5, 5.41) is 3.19. The van der Waals surface area contributed by atoms with E-state index in [0.717, 1.165) is 37.0 Å². The molecule has 1 saturated heterocycles. The van der Waals surface area contributed by atoms with E-state index in [1.807, 2.05) is 0 Å². The molecule has 4 saturated carbocycles. The predicted octanol–water partition coefficient (Wildman–Crippen LogP) is 1.92. The Bertz CT molecular complexity index is 684. The molecule has 1 N–H and O–H groups in total. The third kappa shape index (κ3) is 4.47. The summed E-state index contributed by atoms with van der Waals surface area (Å²) in [6, 6.07) is 0. The zero-order valence-corrected chi connectivity index (χ0v) is 17.4. The van der Waals surface area contributed by atoms with Crippen LogP contribution < -0.4 is 5.32 Å². The van der Waals surface area contributed by atoms with E-state index in [2.05, 4.69) is 5.32 Å². The first-order valence-corrected chi connectivity index (χ1v) is 12.9. The molecule has 0 aromatic heterocycles. The van der Waals surface area contributed by atoms with E-state index in [1.165, 1.54) is 31.0 Å². The van der Waals surface area contributed by atoms with Crippen molar-refractivity contribution in [2.45, 2.75) is 68.8 Å². The van der Waals surface area contributed by atoms with Crippen LogP contribution in [0.25, 0.3) is 0 Å². The average Bonchev–Trinajstić information content (AvgIpc) is 2.90. The predicted molar refractivity (Wildman–Crippen MR) is 104 cm³/mol. The second kappa shape index (κ2) is 7.25. The molecule has 1 amide bonds. The first-order valence-electron chi connectivity index (χ1n) is 10.1. The standard InChI is InChI=1S/C19H29NO5S2/c1-12(25-17(21)10-26-16-2-3-27(23,24)11-16)18(22)20-19-7-13-4-14(8-19)6-15(5-13)9-19/h12-16H,2-11H2,1H3,(H,20,22)/t12-,13?,14?,15?,16-,19?/m0/s1. The molecule has 5 fully saturated rings. The summed E-state index contributed by atoms with van der Waals surface area (Å²) >= 11 is 1.32. The van der Waals surface area contributed by atoms with Crippen molar-refractivity contribution in [3.05, 3.63) is 0 Å². The molecule has 6 nitrogen and oxygen atoms in total. The van der Waals surface area contributed by atoms with Crippen LogP contribution in [0, 0.1) is 17.8 Å². The number of carbonyl (C=O) groups is 2. The maximum absolute atomic E-state index is 12.6. The highest BCUT2D eigenvalue weighted by Crippen LogP contribution is 2.55. The number of carbonyl (C=O) groups excluding carboxylic acids is 2. The molecule has 8 heteroatoms. The Kier molecular flexibility index (Phi) is 5.25. The van der Waals surface area contributed by atoms with Gasteiger partial charge in [0, 0.05) is 10.8 Å². The Morgan fingerprint density at radius 1 is 1.15 bits per heavy atom. The molecule has 5 rings (SSSR count). The van der Waals surface area contributed by atoms with E-state index in [-0.39, 0.29) is 34.0 Å². The van der Waals surface area contributed by atoms with Gasteiger partial charge in [-0.15, -0.1) is 11.8 Å². The van der Waals surface area contributed by atoms with Gasteiger partial charge in [0.25, 0.3) is 5.91 Å². The number of hydrogen-bond acceptors (Lipinski definition) is 6. The van der Waals surface area contributed by atoms with E-state index in [1.54, 1.807) is 6.92 Å². The Balaban J connectivity index is 1.24. The number of hydrogen-bond donors (Lipinski definition) is 1. The molecule has 1 heterocycles. The highest BCUT2D eigenvalue weighted by atomic mass is 32.2. The first kappa shape index (κ1) is 19.6. The van der Waals surface area contributed by atoms with Crippen molar-refractivity contribution in [2.75, 3.05) is 17.3 Å². The maximum Gasteiger partial charge on any atom is 0.316 e. The van der Waals surface area contributed by atoms with Crippen molar-refractivity contribution in [1.82, 2.24) is 5.32 Å². The summed E-state index contributed by atoms with van der Waals surface area (Å²) < 4.78 is 28.3. The summed E-state index contributed by atoms with van der Waals surface area (Å²) in [5.41, 5.74) is -0.0839. The van der Waals surface area contributed by atoms with E-state index in [9.17, 15) is 18.0 Å². The van der Waals surface area contributed by atoms with Gasteiger partial charge < -0.3 is 10.1 Å². The summed E-state index contributed by atoms with van der Waals surface area (Å²) in [5.74, 6) is 2.01. The third-order valence-electron chi connectivity index (χ3n) is 6.73. The number of amides is 1. The second-order valence-corrected chi connectivity index (χ2v) is 12.7. The lowest BCUT2D eigenvalue weighted by molar-refractivity contribution is -0.154. The number of esters is 1. The monoisotopic (exact) mass is 415 g/mol. The minimum atomic E-state index is -2.94. The van der Waals surface area contributed by atoms with Crippen LogP contribution in [0.2, 0.25) is 0 Å². The molecule has 0 aromatic carbocycles. The molecule has 5 aliphatic rings. The van der Waals surface area contributed by atoms with Gasteiger partial charge in [-0.05, 0) is 69.6 Å². The molecule has 27 heavy (non-hydrogen) atoms. The Hall–Kier alpha value is -0.760. The van der Waals surface area contributed by atoms with E-state index < -0.39 is 21.9 Å². The summed E-state index contributed by atoms with van der Waals surface area (Å²) in [6.45, 7) is 1.62. The minimum Gasteiger partial charge on any atom is -0.452 e. The molecule has 0 aromatic rings. The van der Waals surface area contributed by atoms with Gasteiger partial charge in [0.05, 0.1) is 17.3 Å². The van der Waals surface area contributed by atoms with Gasteiger partial charge in [-0.2, -0.15) is 0 Å². The zero-order chi connectivity index (χ0) is 19.2. The van der Waals surface area contributed by atoms with Crippen molar-refractivity contribution >= 4 is 33.5 Å². The van der Waals surface area contributed by atoms with Crippen LogP contribution in [0.4, 0.5) is 0 Å². The van der Waals surface area contributed by atoms with E-state index in [4.69, 9.17) is 4.74 Å². The van der Waals surface area contributed by atoms with Crippen LogP contribution >= 0.6 is 11.8 Å². The minimum absolute atomic E-state index is 0.0429. The van der Waals surface area contributed by atoms with Crippen molar-refractivity contribution in [2.24, 2.45) is 17.8 Å². The molecule has 152 valence electrons. The maximum atomic E-state index is 12.6. The Morgan fingerprint density at radius 2 is 1.74 bits per heavy atom. The number of nitrogens with one attached hydrogen (secondary N) is 1. The van der Waals surface area contributed by atoms with Crippen LogP contribution in [0.3, 0.4) is 0 Å². The highest BCUT2D eigenvalue weighted by molar-refractivity contribution is 8.02. The van der Waals surface area contributed by atoms with Gasteiger partial charge >= 0.3 is 5.97 Å². The normalized spacial score (nSPS) is 39.9. The molecular weight excluding hydrogens is 386 g/mol. The van der Waals surface area contributed by atoms with Crippen molar-refractivity contribution < 1.29 is 22.7 Å². The van der Waals surface area contributed by atoms with Crippen molar-refractivity contribution in [3.63, 3.8) is 0 Å². The average molecular weight is 416 g/mol. The zero-order valence-electron chi connectivity index (χ0n) is 15.8. The van der Waals surface area contributed by atoms with E-state index >= 15 is 0 Å². The van der Waals surface area contributed by atoms with Crippen LogP contribution in [-0.2, 0) is 24.2 Å². The molecule has 1 aliphatic heterocycles. The Morgan fingerprint density at radius 3 is 2.26 bits per heavy atom. The van der Waals surface area contributed by atoms with Gasteiger partial charge in [0.1, 0.15) is 0 Å². The molecule has 0 radical (unpaired) electrons. The number of rotatable bonds is 6. The number of thioether (sulfide) groups is 1. The molecular formula is C19H29NO5S2. The summed E-state index contributed by atoms with van der Waals surface area (Å²) in [7, 11) is -2.94. The molecule has 2 atom stereocenters. The van der Waals surface area contributed by atoms with Gasteiger partial charge in [-0.1, -0.05) is 0 Å². The van der Waals surface area contributed by atoms with Crippen LogP contribution in [0.5, 0.6) is 0 Å². The lowest BCUT2D eigenvalue weighted by atomic mass is 9.53. The lowest BCUT2D eigenvalue weighted by Gasteiger charge is -2.57. The second-order valence-electron chi connectivity index (χ2n) is 9.16. The van der Waals surface area contributed by atoms with Gasteiger partial charge in [0.2, 0.25) is 0 Å². The van der Waals surface area contributed by atoms with Crippen LogP contribution in [0.15, 0.2) is 0 Å².